The van der Waals surface area contributed by atoms with Crippen LogP contribution in [0, 0.1) is 5.92 Å². The molecule has 0 atom stereocenters. The number of ether oxygens (including phenoxy) is 1. The van der Waals surface area contributed by atoms with E-state index in [1.54, 1.807) is 7.11 Å². The standard InChI is InChI=1S/C13H21ClN4O/c1-9(2)7-16-13(18-15)17-8-10-11(14)5-4-6-12(10)19-3/h4-6,9H,7-8,15H2,1-3H3,(H2,16,17,18). The number of guanidine groups is 1. The summed E-state index contributed by atoms with van der Waals surface area (Å²) in [6, 6.07) is 5.51. The van der Waals surface area contributed by atoms with Crippen molar-refractivity contribution in [2.24, 2.45) is 16.8 Å². The molecule has 1 aromatic carbocycles. The van der Waals surface area contributed by atoms with Crippen molar-refractivity contribution in [3.63, 3.8) is 0 Å². The molecule has 0 amide bonds. The first-order valence-corrected chi connectivity index (χ1v) is 6.52. The lowest BCUT2D eigenvalue weighted by Crippen LogP contribution is -2.42. The van der Waals surface area contributed by atoms with Crippen LogP contribution in [0.2, 0.25) is 5.02 Å². The van der Waals surface area contributed by atoms with E-state index in [-0.39, 0.29) is 0 Å². The Morgan fingerprint density at radius 2 is 2.21 bits per heavy atom. The molecule has 4 N–H and O–H groups in total. The maximum atomic E-state index is 6.14. The fourth-order valence-corrected chi connectivity index (χ4v) is 1.72. The zero-order valence-electron chi connectivity index (χ0n) is 11.5. The Bertz CT molecular complexity index is 435. The highest BCUT2D eigenvalue weighted by Gasteiger charge is 2.07. The van der Waals surface area contributed by atoms with Gasteiger partial charge in [0.2, 0.25) is 5.96 Å². The third-order valence-corrected chi connectivity index (χ3v) is 2.86. The minimum absolute atomic E-state index is 0.396. The quantitative estimate of drug-likeness (QED) is 0.334. The number of halogens is 1. The predicted octanol–water partition coefficient (Wildman–Crippen LogP) is 1.91. The number of hydrogen-bond donors (Lipinski definition) is 3. The number of nitrogens with zero attached hydrogens (tertiary/aromatic N) is 1. The first-order chi connectivity index (χ1) is 9.08. The molecule has 0 saturated carbocycles. The van der Waals surface area contributed by atoms with Crippen molar-refractivity contribution >= 4 is 17.6 Å². The summed E-state index contributed by atoms with van der Waals surface area (Å²) in [5.74, 6) is 7.19. The molecule has 0 aliphatic heterocycles. The van der Waals surface area contributed by atoms with Gasteiger partial charge in [0.05, 0.1) is 13.7 Å². The van der Waals surface area contributed by atoms with Crippen molar-refractivity contribution in [2.45, 2.75) is 20.4 Å². The monoisotopic (exact) mass is 284 g/mol. The molecule has 0 heterocycles. The highest BCUT2D eigenvalue weighted by molar-refractivity contribution is 6.31. The number of benzene rings is 1. The van der Waals surface area contributed by atoms with Crippen molar-refractivity contribution in [3.05, 3.63) is 28.8 Å². The summed E-state index contributed by atoms with van der Waals surface area (Å²) in [4.78, 5) is 4.36. The van der Waals surface area contributed by atoms with Crippen LogP contribution in [0.5, 0.6) is 5.75 Å². The molecule has 106 valence electrons. The SMILES string of the molecule is COc1cccc(Cl)c1CN=C(NN)NCC(C)C. The van der Waals surface area contributed by atoms with Gasteiger partial charge in [0.1, 0.15) is 5.75 Å². The number of rotatable bonds is 5. The zero-order chi connectivity index (χ0) is 14.3. The van der Waals surface area contributed by atoms with Crippen molar-refractivity contribution in [1.29, 1.82) is 0 Å². The van der Waals surface area contributed by atoms with E-state index in [0.717, 1.165) is 17.9 Å². The third kappa shape index (κ3) is 4.96. The van der Waals surface area contributed by atoms with Gasteiger partial charge in [0, 0.05) is 17.1 Å². The molecule has 0 aliphatic rings. The molecule has 1 aromatic rings. The molecule has 6 heteroatoms. The van der Waals surface area contributed by atoms with Crippen LogP contribution < -0.4 is 21.3 Å². The normalized spacial score (nSPS) is 11.6. The predicted molar refractivity (Wildman–Crippen MR) is 79.3 cm³/mol. The smallest absolute Gasteiger partial charge is 0.206 e. The Morgan fingerprint density at radius 1 is 1.47 bits per heavy atom. The van der Waals surface area contributed by atoms with E-state index in [0.29, 0.717) is 23.4 Å². The number of hydrazine groups is 1. The van der Waals surface area contributed by atoms with Crippen LogP contribution in [0.3, 0.4) is 0 Å². The topological polar surface area (TPSA) is 71.7 Å². The summed E-state index contributed by atoms with van der Waals surface area (Å²) in [5, 5.41) is 3.75. The molecule has 0 radical (unpaired) electrons. The van der Waals surface area contributed by atoms with Gasteiger partial charge in [-0.15, -0.1) is 0 Å². The average molecular weight is 285 g/mol. The first kappa shape index (κ1) is 15.6. The number of aliphatic imine (C=N–C) groups is 1. The fourth-order valence-electron chi connectivity index (χ4n) is 1.50. The molecule has 5 nitrogen and oxygen atoms in total. The number of hydrogen-bond acceptors (Lipinski definition) is 3. The lowest BCUT2D eigenvalue weighted by molar-refractivity contribution is 0.410. The summed E-state index contributed by atoms with van der Waals surface area (Å²) in [6.45, 7) is 5.41. The van der Waals surface area contributed by atoms with Gasteiger partial charge in [-0.1, -0.05) is 31.5 Å². The Balaban J connectivity index is 2.77. The Hall–Kier alpha value is -1.46. The van der Waals surface area contributed by atoms with Gasteiger partial charge in [-0.05, 0) is 18.1 Å². The molecule has 19 heavy (non-hydrogen) atoms. The van der Waals surface area contributed by atoms with Crippen LogP contribution in [0.15, 0.2) is 23.2 Å². The van der Waals surface area contributed by atoms with E-state index in [4.69, 9.17) is 22.2 Å². The van der Waals surface area contributed by atoms with E-state index in [9.17, 15) is 0 Å². The molecular weight excluding hydrogens is 264 g/mol. The van der Waals surface area contributed by atoms with Gasteiger partial charge in [-0.3, -0.25) is 5.43 Å². The summed E-state index contributed by atoms with van der Waals surface area (Å²) < 4.78 is 5.26. The second kappa shape index (κ2) is 7.86. The molecule has 1 rings (SSSR count). The summed E-state index contributed by atoms with van der Waals surface area (Å²) in [6.07, 6.45) is 0. The lowest BCUT2D eigenvalue weighted by Gasteiger charge is -2.12. The van der Waals surface area contributed by atoms with Gasteiger partial charge in [-0.2, -0.15) is 0 Å². The van der Waals surface area contributed by atoms with Crippen LogP contribution >= 0.6 is 11.6 Å². The summed E-state index contributed by atoms with van der Waals surface area (Å²) >= 11 is 6.14. The second-order valence-corrected chi connectivity index (χ2v) is 4.91. The van der Waals surface area contributed by atoms with E-state index in [1.165, 1.54) is 0 Å². The van der Waals surface area contributed by atoms with E-state index in [1.807, 2.05) is 18.2 Å². The van der Waals surface area contributed by atoms with Crippen molar-refractivity contribution in [1.82, 2.24) is 10.7 Å². The van der Waals surface area contributed by atoms with Crippen LogP contribution in [0.4, 0.5) is 0 Å². The van der Waals surface area contributed by atoms with Gasteiger partial charge in [0.15, 0.2) is 0 Å². The molecule has 0 unspecified atom stereocenters. The molecule has 0 aliphatic carbocycles. The van der Waals surface area contributed by atoms with Gasteiger partial charge in [-0.25, -0.2) is 10.8 Å². The average Bonchev–Trinajstić information content (AvgIpc) is 2.39. The molecule has 0 bridgehead atoms. The maximum absolute atomic E-state index is 6.14. The van der Waals surface area contributed by atoms with Crippen molar-refractivity contribution in [3.8, 4) is 5.75 Å². The second-order valence-electron chi connectivity index (χ2n) is 4.50. The van der Waals surface area contributed by atoms with Crippen LogP contribution in [0.25, 0.3) is 0 Å². The fraction of sp³-hybridized carbons (Fsp3) is 0.462. The van der Waals surface area contributed by atoms with E-state index < -0.39 is 0 Å². The zero-order valence-corrected chi connectivity index (χ0v) is 12.3. The molecule has 0 spiro atoms. The van der Waals surface area contributed by atoms with Gasteiger partial charge in [0.25, 0.3) is 0 Å². The first-order valence-electron chi connectivity index (χ1n) is 6.14. The number of nitrogens with two attached hydrogens (primary N) is 1. The minimum Gasteiger partial charge on any atom is -0.496 e. The highest BCUT2D eigenvalue weighted by atomic mass is 35.5. The van der Waals surface area contributed by atoms with E-state index >= 15 is 0 Å². The van der Waals surface area contributed by atoms with Crippen LogP contribution in [-0.2, 0) is 6.54 Å². The van der Waals surface area contributed by atoms with Gasteiger partial charge >= 0.3 is 0 Å². The van der Waals surface area contributed by atoms with Crippen molar-refractivity contribution < 1.29 is 4.74 Å². The Labute approximate surface area is 119 Å². The highest BCUT2D eigenvalue weighted by Crippen LogP contribution is 2.26. The molecule has 0 saturated heterocycles. The largest absolute Gasteiger partial charge is 0.496 e. The third-order valence-electron chi connectivity index (χ3n) is 2.51. The summed E-state index contributed by atoms with van der Waals surface area (Å²) in [7, 11) is 1.61. The maximum Gasteiger partial charge on any atom is 0.206 e. The Morgan fingerprint density at radius 3 is 2.79 bits per heavy atom. The lowest BCUT2D eigenvalue weighted by atomic mass is 10.2. The minimum atomic E-state index is 0.396. The molecule has 0 aromatic heterocycles. The van der Waals surface area contributed by atoms with Crippen LogP contribution in [-0.4, -0.2) is 19.6 Å². The molecular formula is C13H21ClN4O. The van der Waals surface area contributed by atoms with E-state index in [2.05, 4.69) is 29.6 Å². The molecule has 0 fully saturated rings. The van der Waals surface area contributed by atoms with Gasteiger partial charge < -0.3 is 10.1 Å². The number of nitrogens with one attached hydrogen (secondary N) is 2. The van der Waals surface area contributed by atoms with Crippen molar-refractivity contribution in [2.75, 3.05) is 13.7 Å². The summed E-state index contributed by atoms with van der Waals surface area (Å²) in [5.41, 5.74) is 3.38. The Kier molecular flexibility index (Phi) is 6.45. The number of methoxy groups -OCH3 is 1. The van der Waals surface area contributed by atoms with Crippen LogP contribution in [0.1, 0.15) is 19.4 Å².